The minimum absolute atomic E-state index is 0.0547. The number of β-amino-alcohol motifs (C(OH)–C–C–N with tert-alkyl or cyclic N) is 1. The molecular weight excluding hydrogens is 234 g/mol. The Morgan fingerprint density at radius 2 is 2.28 bits per heavy atom. The SMILES string of the molecule is COC(=O)c1nc(C)cc(N2CCC(C)(O)C2)n1. The van der Waals surface area contributed by atoms with Gasteiger partial charge in [-0.3, -0.25) is 0 Å². The van der Waals surface area contributed by atoms with Crippen molar-refractivity contribution in [2.75, 3.05) is 25.1 Å². The highest BCUT2D eigenvalue weighted by atomic mass is 16.5. The molecule has 0 aromatic carbocycles. The molecule has 98 valence electrons. The van der Waals surface area contributed by atoms with Crippen molar-refractivity contribution in [2.45, 2.75) is 25.9 Å². The molecule has 1 aromatic rings. The van der Waals surface area contributed by atoms with Crippen LogP contribution in [0.25, 0.3) is 0 Å². The monoisotopic (exact) mass is 251 g/mol. The maximum absolute atomic E-state index is 11.4. The fraction of sp³-hybridized carbons (Fsp3) is 0.583. The first-order valence-electron chi connectivity index (χ1n) is 5.83. The Balaban J connectivity index is 2.29. The summed E-state index contributed by atoms with van der Waals surface area (Å²) >= 11 is 0. The first kappa shape index (κ1) is 12.8. The number of hydrogen-bond donors (Lipinski definition) is 1. The number of carbonyl (C=O) groups excluding carboxylic acids is 1. The van der Waals surface area contributed by atoms with E-state index in [2.05, 4.69) is 14.7 Å². The number of anilines is 1. The lowest BCUT2D eigenvalue weighted by molar-refractivity contribution is 0.0586. The topological polar surface area (TPSA) is 75.5 Å². The summed E-state index contributed by atoms with van der Waals surface area (Å²) in [4.78, 5) is 21.6. The molecule has 1 atom stereocenters. The molecule has 0 radical (unpaired) electrons. The lowest BCUT2D eigenvalue weighted by Crippen LogP contribution is -2.30. The van der Waals surface area contributed by atoms with Gasteiger partial charge in [-0.05, 0) is 20.3 Å². The maximum Gasteiger partial charge on any atom is 0.376 e. The average Bonchev–Trinajstić information content (AvgIpc) is 2.68. The Bertz CT molecular complexity index is 474. The predicted octanol–water partition coefficient (Wildman–Crippen LogP) is 0.533. The number of aryl methyl sites for hydroxylation is 1. The molecule has 6 heteroatoms. The highest BCUT2D eigenvalue weighted by molar-refractivity contribution is 5.85. The van der Waals surface area contributed by atoms with E-state index >= 15 is 0 Å². The molecule has 1 unspecified atom stereocenters. The molecule has 0 spiro atoms. The van der Waals surface area contributed by atoms with E-state index in [0.29, 0.717) is 31.0 Å². The Morgan fingerprint density at radius 3 is 2.83 bits per heavy atom. The number of rotatable bonds is 2. The van der Waals surface area contributed by atoms with E-state index in [1.54, 1.807) is 19.9 Å². The maximum atomic E-state index is 11.4. The summed E-state index contributed by atoms with van der Waals surface area (Å²) in [5.74, 6) is 0.158. The lowest BCUT2D eigenvalue weighted by Gasteiger charge is -2.20. The van der Waals surface area contributed by atoms with Gasteiger partial charge < -0.3 is 14.7 Å². The quantitative estimate of drug-likeness (QED) is 0.773. The van der Waals surface area contributed by atoms with Crippen LogP contribution in [-0.4, -0.2) is 46.8 Å². The van der Waals surface area contributed by atoms with Gasteiger partial charge >= 0.3 is 5.97 Å². The molecule has 1 fully saturated rings. The number of carbonyl (C=O) groups is 1. The van der Waals surface area contributed by atoms with Gasteiger partial charge in [0.2, 0.25) is 5.82 Å². The van der Waals surface area contributed by atoms with Gasteiger partial charge in [0.1, 0.15) is 5.82 Å². The van der Waals surface area contributed by atoms with Gasteiger partial charge in [0.05, 0.1) is 12.7 Å². The fourth-order valence-electron chi connectivity index (χ4n) is 2.04. The highest BCUT2D eigenvalue weighted by Gasteiger charge is 2.32. The van der Waals surface area contributed by atoms with Crippen LogP contribution in [0.15, 0.2) is 6.07 Å². The van der Waals surface area contributed by atoms with Crippen LogP contribution in [0.3, 0.4) is 0 Å². The van der Waals surface area contributed by atoms with Gasteiger partial charge in [0.25, 0.3) is 0 Å². The Kier molecular flexibility index (Phi) is 3.21. The Morgan fingerprint density at radius 1 is 1.56 bits per heavy atom. The normalized spacial score (nSPS) is 23.2. The average molecular weight is 251 g/mol. The molecule has 6 nitrogen and oxygen atoms in total. The summed E-state index contributed by atoms with van der Waals surface area (Å²) in [6.07, 6.45) is 0.684. The van der Waals surface area contributed by atoms with E-state index in [1.807, 2.05) is 4.90 Å². The van der Waals surface area contributed by atoms with Gasteiger partial charge in [0, 0.05) is 24.8 Å². The lowest BCUT2D eigenvalue weighted by atomic mass is 10.1. The van der Waals surface area contributed by atoms with Gasteiger partial charge in [0.15, 0.2) is 0 Å². The first-order chi connectivity index (χ1) is 8.41. The Labute approximate surface area is 106 Å². The molecule has 0 amide bonds. The van der Waals surface area contributed by atoms with Gasteiger partial charge in [-0.25, -0.2) is 14.8 Å². The third kappa shape index (κ3) is 2.59. The second kappa shape index (κ2) is 4.53. The predicted molar refractivity (Wildman–Crippen MR) is 65.6 cm³/mol. The molecule has 2 heterocycles. The van der Waals surface area contributed by atoms with Crippen LogP contribution < -0.4 is 4.90 Å². The minimum Gasteiger partial charge on any atom is -0.463 e. The molecule has 1 N–H and O–H groups in total. The number of aliphatic hydroxyl groups is 1. The first-order valence-corrected chi connectivity index (χ1v) is 5.83. The molecule has 0 aliphatic carbocycles. The summed E-state index contributed by atoms with van der Waals surface area (Å²) < 4.78 is 4.62. The van der Waals surface area contributed by atoms with Crippen molar-refractivity contribution >= 4 is 11.8 Å². The van der Waals surface area contributed by atoms with Crippen LogP contribution in [0.2, 0.25) is 0 Å². The number of aromatic nitrogens is 2. The van der Waals surface area contributed by atoms with Crippen molar-refractivity contribution in [1.82, 2.24) is 9.97 Å². The Hall–Kier alpha value is -1.69. The zero-order valence-electron chi connectivity index (χ0n) is 10.8. The van der Waals surface area contributed by atoms with Crippen molar-refractivity contribution < 1.29 is 14.6 Å². The molecule has 1 aliphatic rings. The van der Waals surface area contributed by atoms with Crippen molar-refractivity contribution in [3.63, 3.8) is 0 Å². The van der Waals surface area contributed by atoms with Crippen LogP contribution in [0.4, 0.5) is 5.82 Å². The van der Waals surface area contributed by atoms with Crippen LogP contribution in [0.5, 0.6) is 0 Å². The third-order valence-corrected chi connectivity index (χ3v) is 2.98. The van der Waals surface area contributed by atoms with Gasteiger partial charge in [-0.1, -0.05) is 0 Å². The van der Waals surface area contributed by atoms with Crippen LogP contribution in [0.1, 0.15) is 29.7 Å². The smallest absolute Gasteiger partial charge is 0.376 e. The van der Waals surface area contributed by atoms with Crippen molar-refractivity contribution in [3.8, 4) is 0 Å². The van der Waals surface area contributed by atoms with E-state index in [-0.39, 0.29) is 5.82 Å². The highest BCUT2D eigenvalue weighted by Crippen LogP contribution is 2.25. The summed E-state index contributed by atoms with van der Waals surface area (Å²) in [6.45, 7) is 4.81. The molecule has 0 bridgehead atoms. The number of ether oxygens (including phenoxy) is 1. The zero-order chi connectivity index (χ0) is 13.3. The second-order valence-electron chi connectivity index (χ2n) is 4.85. The summed E-state index contributed by atoms with van der Waals surface area (Å²) in [7, 11) is 1.30. The van der Waals surface area contributed by atoms with Gasteiger partial charge in [-0.2, -0.15) is 0 Å². The summed E-state index contributed by atoms with van der Waals surface area (Å²) in [5.41, 5.74) is -0.00321. The van der Waals surface area contributed by atoms with E-state index in [1.165, 1.54) is 7.11 Å². The second-order valence-corrected chi connectivity index (χ2v) is 4.85. The number of methoxy groups -OCH3 is 1. The fourth-order valence-corrected chi connectivity index (χ4v) is 2.04. The molecular formula is C12H17N3O3. The largest absolute Gasteiger partial charge is 0.463 e. The van der Waals surface area contributed by atoms with Crippen LogP contribution in [0, 0.1) is 6.92 Å². The van der Waals surface area contributed by atoms with Gasteiger partial charge in [-0.15, -0.1) is 0 Å². The number of hydrogen-bond acceptors (Lipinski definition) is 6. The summed E-state index contributed by atoms with van der Waals surface area (Å²) in [5, 5.41) is 9.94. The summed E-state index contributed by atoms with van der Waals surface area (Å²) in [6, 6.07) is 1.80. The van der Waals surface area contributed by atoms with E-state index in [0.717, 1.165) is 0 Å². The molecule has 0 saturated carbocycles. The van der Waals surface area contributed by atoms with Crippen molar-refractivity contribution in [2.24, 2.45) is 0 Å². The van der Waals surface area contributed by atoms with Crippen LogP contribution in [-0.2, 0) is 4.74 Å². The molecule has 1 aromatic heterocycles. The van der Waals surface area contributed by atoms with E-state index in [4.69, 9.17) is 0 Å². The standard InChI is InChI=1S/C12H17N3O3/c1-8-6-9(14-10(13-8)11(16)18-3)15-5-4-12(2,17)7-15/h6,17H,4-5,7H2,1-3H3. The van der Waals surface area contributed by atoms with E-state index < -0.39 is 11.6 Å². The number of esters is 1. The van der Waals surface area contributed by atoms with E-state index in [9.17, 15) is 9.90 Å². The zero-order valence-corrected chi connectivity index (χ0v) is 10.8. The van der Waals surface area contributed by atoms with Crippen molar-refractivity contribution in [1.29, 1.82) is 0 Å². The third-order valence-electron chi connectivity index (χ3n) is 2.98. The molecule has 1 saturated heterocycles. The molecule has 2 rings (SSSR count). The van der Waals surface area contributed by atoms with Crippen LogP contribution >= 0.6 is 0 Å². The van der Waals surface area contributed by atoms with Crippen molar-refractivity contribution in [3.05, 3.63) is 17.6 Å². The molecule has 1 aliphatic heterocycles. The molecule has 18 heavy (non-hydrogen) atoms. The number of nitrogens with zero attached hydrogens (tertiary/aromatic N) is 3. The minimum atomic E-state index is -0.704.